The molecular formula is C28H24FNO4S. The number of hydrogen-bond donors (Lipinski definition) is 0. The minimum absolute atomic E-state index is 0.0122. The molecule has 0 aliphatic carbocycles. The van der Waals surface area contributed by atoms with Crippen LogP contribution in [0.25, 0.3) is 10.9 Å². The summed E-state index contributed by atoms with van der Waals surface area (Å²) in [6, 6.07) is 19.3. The van der Waals surface area contributed by atoms with Gasteiger partial charge in [0.2, 0.25) is 0 Å². The molecule has 4 rings (SSSR count). The fourth-order valence-corrected chi connectivity index (χ4v) is 4.10. The maximum atomic E-state index is 14.9. The van der Waals surface area contributed by atoms with E-state index in [-0.39, 0.29) is 18.6 Å². The first-order valence-electron chi connectivity index (χ1n) is 11.0. The number of pyridine rings is 1. The third-order valence-electron chi connectivity index (χ3n) is 5.49. The Bertz CT molecular complexity index is 1370. The lowest BCUT2D eigenvalue weighted by atomic mass is 10.0. The van der Waals surface area contributed by atoms with Crippen LogP contribution in [0, 0.1) is 5.82 Å². The Hall–Kier alpha value is -3.84. The van der Waals surface area contributed by atoms with Gasteiger partial charge >= 0.3 is 0 Å². The number of Topliss-reactive ketones (excluding diaryl/α,β-unsaturated/α-hetero) is 1. The number of benzene rings is 3. The van der Waals surface area contributed by atoms with Gasteiger partial charge in [0.25, 0.3) is 0 Å². The number of rotatable bonds is 10. The van der Waals surface area contributed by atoms with E-state index in [1.807, 2.05) is 30.3 Å². The number of ether oxygens (including phenoxy) is 3. The third kappa shape index (κ3) is 6.00. The second kappa shape index (κ2) is 11.1. The molecular weight excluding hydrogens is 465 g/mol. The van der Waals surface area contributed by atoms with E-state index in [0.717, 1.165) is 5.56 Å². The molecule has 0 spiro atoms. The molecule has 0 fully saturated rings. The molecule has 0 saturated carbocycles. The summed E-state index contributed by atoms with van der Waals surface area (Å²) in [6.45, 7) is 0. The Balaban J connectivity index is 1.45. The molecule has 0 aliphatic rings. The molecule has 178 valence electrons. The van der Waals surface area contributed by atoms with Crippen molar-refractivity contribution in [1.82, 2.24) is 4.98 Å². The number of hydrogen-bond acceptors (Lipinski definition) is 6. The molecule has 0 bridgehead atoms. The summed E-state index contributed by atoms with van der Waals surface area (Å²) in [5.41, 5.74) is 2.01. The van der Waals surface area contributed by atoms with Crippen molar-refractivity contribution in [3.8, 4) is 23.0 Å². The Morgan fingerprint density at radius 3 is 2.37 bits per heavy atom. The largest absolute Gasteiger partial charge is 0.493 e. The highest BCUT2D eigenvalue weighted by atomic mass is 32.1. The molecule has 7 heteroatoms. The van der Waals surface area contributed by atoms with Crippen LogP contribution < -0.4 is 14.2 Å². The number of fused-ring (bicyclic) bond motifs is 1. The van der Waals surface area contributed by atoms with Gasteiger partial charge in [0, 0.05) is 47.8 Å². The predicted octanol–water partition coefficient (Wildman–Crippen LogP) is 6.30. The summed E-state index contributed by atoms with van der Waals surface area (Å²) in [7, 11) is 3.10. The van der Waals surface area contributed by atoms with E-state index in [9.17, 15) is 9.18 Å². The van der Waals surface area contributed by atoms with Crippen LogP contribution in [-0.4, -0.2) is 29.9 Å². The quantitative estimate of drug-likeness (QED) is 0.244. The fraction of sp³-hybridized carbons (Fsp3) is 0.179. The van der Waals surface area contributed by atoms with Gasteiger partial charge in [-0.2, -0.15) is 0 Å². The zero-order valence-electron chi connectivity index (χ0n) is 19.4. The first kappa shape index (κ1) is 24.3. The van der Waals surface area contributed by atoms with E-state index in [2.05, 4.69) is 4.98 Å². The standard InChI is InChI=1S/C28H24FNO4S/c1-32-27-16-23-25(17-28(27)33-2)30-11-10-26(23)34-21-9-8-19(24(29)15-21)13-22(35)14-20(31)12-18-6-4-3-5-7-18/h3-11,15-17H,12-14H2,1-2H3. The van der Waals surface area contributed by atoms with Gasteiger partial charge in [0.15, 0.2) is 11.5 Å². The van der Waals surface area contributed by atoms with E-state index >= 15 is 0 Å². The molecule has 0 saturated heterocycles. The average Bonchev–Trinajstić information content (AvgIpc) is 2.85. The molecule has 0 N–H and O–H groups in total. The predicted molar refractivity (Wildman–Crippen MR) is 137 cm³/mol. The van der Waals surface area contributed by atoms with Crippen LogP contribution in [0.2, 0.25) is 0 Å². The Labute approximate surface area is 208 Å². The monoisotopic (exact) mass is 489 g/mol. The molecule has 0 atom stereocenters. The van der Waals surface area contributed by atoms with E-state index in [1.165, 1.54) is 6.07 Å². The first-order valence-corrected chi connectivity index (χ1v) is 11.4. The maximum Gasteiger partial charge on any atom is 0.162 e. The molecule has 0 unspecified atom stereocenters. The minimum atomic E-state index is -0.446. The summed E-state index contributed by atoms with van der Waals surface area (Å²) in [4.78, 5) is 17.2. The number of aromatic nitrogens is 1. The van der Waals surface area contributed by atoms with Gasteiger partial charge in [-0.1, -0.05) is 48.6 Å². The van der Waals surface area contributed by atoms with Crippen LogP contribution in [-0.2, 0) is 17.6 Å². The van der Waals surface area contributed by atoms with Crippen LogP contribution in [0.4, 0.5) is 4.39 Å². The lowest BCUT2D eigenvalue weighted by Gasteiger charge is -2.13. The summed E-state index contributed by atoms with van der Waals surface area (Å²) < 4.78 is 31.5. The van der Waals surface area contributed by atoms with Gasteiger partial charge in [-0.25, -0.2) is 4.39 Å². The lowest BCUT2D eigenvalue weighted by molar-refractivity contribution is -0.117. The maximum absolute atomic E-state index is 14.9. The highest BCUT2D eigenvalue weighted by Crippen LogP contribution is 2.37. The van der Waals surface area contributed by atoms with Crippen molar-refractivity contribution in [2.75, 3.05) is 14.2 Å². The second-order valence-corrected chi connectivity index (χ2v) is 8.56. The van der Waals surface area contributed by atoms with Crippen molar-refractivity contribution < 1.29 is 23.4 Å². The molecule has 1 aromatic heterocycles. The molecule has 4 aromatic rings. The van der Waals surface area contributed by atoms with Gasteiger partial charge in [-0.15, -0.1) is 0 Å². The number of ketones is 1. The van der Waals surface area contributed by atoms with Crippen molar-refractivity contribution in [3.05, 3.63) is 89.9 Å². The molecule has 0 aliphatic heterocycles. The van der Waals surface area contributed by atoms with Crippen LogP contribution in [0.3, 0.4) is 0 Å². The van der Waals surface area contributed by atoms with Crippen LogP contribution >= 0.6 is 12.2 Å². The van der Waals surface area contributed by atoms with Gasteiger partial charge in [0.1, 0.15) is 23.1 Å². The Kier molecular flexibility index (Phi) is 7.67. The number of nitrogens with zero attached hydrogens (tertiary/aromatic N) is 1. The van der Waals surface area contributed by atoms with Crippen LogP contribution in [0.1, 0.15) is 17.5 Å². The summed E-state index contributed by atoms with van der Waals surface area (Å²) in [6.07, 6.45) is 2.26. The van der Waals surface area contributed by atoms with E-state index in [4.69, 9.17) is 26.4 Å². The van der Waals surface area contributed by atoms with Crippen molar-refractivity contribution in [3.63, 3.8) is 0 Å². The fourth-order valence-electron chi connectivity index (χ4n) is 3.78. The molecule has 5 nitrogen and oxygen atoms in total. The van der Waals surface area contributed by atoms with Crippen molar-refractivity contribution in [1.29, 1.82) is 0 Å². The van der Waals surface area contributed by atoms with Crippen molar-refractivity contribution in [2.45, 2.75) is 19.3 Å². The number of halogens is 1. The minimum Gasteiger partial charge on any atom is -0.493 e. The Morgan fingerprint density at radius 1 is 0.914 bits per heavy atom. The van der Waals surface area contributed by atoms with Gasteiger partial charge in [-0.3, -0.25) is 9.78 Å². The SMILES string of the molecule is COc1cc2nccc(Oc3ccc(CC(=S)CC(=O)Cc4ccccc4)c(F)c3)c2cc1OC. The van der Waals surface area contributed by atoms with E-state index < -0.39 is 5.82 Å². The normalized spacial score (nSPS) is 10.7. The van der Waals surface area contributed by atoms with Gasteiger partial charge < -0.3 is 14.2 Å². The molecule has 35 heavy (non-hydrogen) atoms. The molecule has 0 amide bonds. The zero-order valence-corrected chi connectivity index (χ0v) is 20.2. The zero-order chi connectivity index (χ0) is 24.8. The molecule has 3 aromatic carbocycles. The first-order chi connectivity index (χ1) is 17.0. The number of thiocarbonyl (C=S) groups is 1. The third-order valence-corrected chi connectivity index (χ3v) is 5.77. The average molecular weight is 490 g/mol. The number of carbonyl (C=O) groups excluding carboxylic acids is 1. The second-order valence-electron chi connectivity index (χ2n) is 7.98. The summed E-state index contributed by atoms with van der Waals surface area (Å²) in [5.74, 6) is 1.49. The van der Waals surface area contributed by atoms with Crippen molar-refractivity contribution in [2.24, 2.45) is 0 Å². The smallest absolute Gasteiger partial charge is 0.162 e. The van der Waals surface area contributed by atoms with Gasteiger partial charge in [-0.05, 0) is 29.3 Å². The van der Waals surface area contributed by atoms with Crippen LogP contribution in [0.5, 0.6) is 23.0 Å². The lowest BCUT2D eigenvalue weighted by Crippen LogP contribution is -2.11. The van der Waals surface area contributed by atoms with Crippen molar-refractivity contribution >= 4 is 33.8 Å². The molecule has 1 heterocycles. The highest BCUT2D eigenvalue weighted by molar-refractivity contribution is 7.80. The van der Waals surface area contributed by atoms with Gasteiger partial charge in [0.05, 0.1) is 19.7 Å². The van der Waals surface area contributed by atoms with Crippen LogP contribution in [0.15, 0.2) is 72.9 Å². The van der Waals surface area contributed by atoms with E-state index in [0.29, 0.717) is 50.7 Å². The number of methoxy groups -OCH3 is 2. The summed E-state index contributed by atoms with van der Waals surface area (Å²) in [5, 5.41) is 0.702. The topological polar surface area (TPSA) is 57.7 Å². The highest BCUT2D eigenvalue weighted by Gasteiger charge is 2.14. The van der Waals surface area contributed by atoms with E-state index in [1.54, 1.807) is 50.7 Å². The summed E-state index contributed by atoms with van der Waals surface area (Å²) >= 11 is 5.38. The number of carbonyl (C=O) groups is 1. The molecule has 0 radical (unpaired) electrons. The Morgan fingerprint density at radius 2 is 1.66 bits per heavy atom.